The normalized spacial score (nSPS) is 10.3. The minimum atomic E-state index is -0.702. The first-order valence-electron chi connectivity index (χ1n) is 12.4. The van der Waals surface area contributed by atoms with Crippen molar-refractivity contribution in [2.24, 2.45) is 0 Å². The van der Waals surface area contributed by atoms with Gasteiger partial charge in [-0.1, -0.05) is 60.7 Å². The monoisotopic (exact) mass is 538 g/mol. The van der Waals surface area contributed by atoms with E-state index in [1.54, 1.807) is 0 Å². The van der Waals surface area contributed by atoms with Gasteiger partial charge >= 0.3 is 11.9 Å². The van der Waals surface area contributed by atoms with E-state index in [-0.39, 0.29) is 37.6 Å². The molecule has 4 rings (SSSR count). The second-order valence-electron chi connectivity index (χ2n) is 8.58. The number of Topliss-reactive ketones (excluding diaryl/α,β-unsaturated/α-hetero) is 2. The van der Waals surface area contributed by atoms with E-state index in [4.69, 9.17) is 18.9 Å². The SMILES string of the molecule is O=C(COc1ccc(C(=O)C(=O)c2ccc(OCC(=O)OCc3ccccc3)cc2)cc1)OCc1ccccc1. The second kappa shape index (κ2) is 14.1. The summed E-state index contributed by atoms with van der Waals surface area (Å²) in [5.41, 5.74) is 2.07. The number of carbonyl (C=O) groups is 4. The van der Waals surface area contributed by atoms with Crippen molar-refractivity contribution < 1.29 is 38.1 Å². The third-order valence-electron chi connectivity index (χ3n) is 5.64. The molecule has 0 aromatic heterocycles. The molecule has 8 heteroatoms. The molecule has 0 saturated heterocycles. The zero-order valence-corrected chi connectivity index (χ0v) is 21.5. The van der Waals surface area contributed by atoms with E-state index in [2.05, 4.69) is 0 Å². The summed E-state index contributed by atoms with van der Waals surface area (Å²) in [5.74, 6) is -1.76. The van der Waals surface area contributed by atoms with Gasteiger partial charge in [-0.3, -0.25) is 9.59 Å². The minimum Gasteiger partial charge on any atom is -0.482 e. The summed E-state index contributed by atoms with van der Waals surface area (Å²) in [5, 5.41) is 0. The van der Waals surface area contributed by atoms with Crippen LogP contribution < -0.4 is 9.47 Å². The maximum Gasteiger partial charge on any atom is 0.344 e. The van der Waals surface area contributed by atoms with Gasteiger partial charge in [0.15, 0.2) is 13.2 Å². The molecule has 202 valence electrons. The highest BCUT2D eigenvalue weighted by molar-refractivity contribution is 6.49. The van der Waals surface area contributed by atoms with Crippen LogP contribution in [0.25, 0.3) is 0 Å². The predicted octanol–water partition coefficient (Wildman–Crippen LogP) is 5.00. The van der Waals surface area contributed by atoms with Crippen LogP contribution in [0.4, 0.5) is 0 Å². The van der Waals surface area contributed by atoms with Gasteiger partial charge in [-0.15, -0.1) is 0 Å². The lowest BCUT2D eigenvalue weighted by atomic mass is 10.0. The molecular formula is C32H26O8. The maximum atomic E-state index is 12.7. The first-order chi connectivity index (χ1) is 19.5. The standard InChI is InChI=1S/C32H26O8/c33-29(39-19-23-7-3-1-4-8-23)21-37-27-15-11-25(12-16-27)31(35)32(36)26-13-17-28(18-14-26)38-22-30(34)40-20-24-9-5-2-6-10-24/h1-18H,19-22H2. The van der Waals surface area contributed by atoms with Crippen LogP contribution >= 0.6 is 0 Å². The molecule has 8 nitrogen and oxygen atoms in total. The lowest BCUT2D eigenvalue weighted by Gasteiger charge is -2.08. The molecule has 0 aliphatic rings. The average molecular weight is 539 g/mol. The smallest absolute Gasteiger partial charge is 0.344 e. The zero-order chi connectivity index (χ0) is 28.2. The van der Waals surface area contributed by atoms with Crippen molar-refractivity contribution >= 4 is 23.5 Å². The summed E-state index contributed by atoms with van der Waals surface area (Å²) in [6, 6.07) is 30.3. The Morgan fingerprint density at radius 1 is 0.450 bits per heavy atom. The van der Waals surface area contributed by atoms with E-state index in [1.807, 2.05) is 60.7 Å². The molecule has 0 aliphatic heterocycles. The van der Waals surface area contributed by atoms with Crippen LogP contribution in [-0.4, -0.2) is 36.7 Å². The molecule has 40 heavy (non-hydrogen) atoms. The van der Waals surface area contributed by atoms with Crippen molar-refractivity contribution in [2.75, 3.05) is 13.2 Å². The van der Waals surface area contributed by atoms with Gasteiger partial charge in [0.05, 0.1) is 0 Å². The summed E-state index contributed by atoms with van der Waals surface area (Å²) in [6.45, 7) is -0.295. The van der Waals surface area contributed by atoms with Crippen LogP contribution in [-0.2, 0) is 32.3 Å². The lowest BCUT2D eigenvalue weighted by molar-refractivity contribution is -0.148. The van der Waals surface area contributed by atoms with Gasteiger partial charge < -0.3 is 18.9 Å². The largest absolute Gasteiger partial charge is 0.482 e. The van der Waals surface area contributed by atoms with Gasteiger partial charge in [0.1, 0.15) is 24.7 Å². The molecule has 0 amide bonds. The van der Waals surface area contributed by atoms with Gasteiger partial charge in [0.2, 0.25) is 11.6 Å². The minimum absolute atomic E-state index is 0.146. The van der Waals surface area contributed by atoms with E-state index in [0.717, 1.165) is 11.1 Å². The van der Waals surface area contributed by atoms with E-state index in [0.29, 0.717) is 11.5 Å². The fraction of sp³-hybridized carbons (Fsp3) is 0.125. The highest BCUT2D eigenvalue weighted by Crippen LogP contribution is 2.17. The van der Waals surface area contributed by atoms with E-state index >= 15 is 0 Å². The van der Waals surface area contributed by atoms with Crippen LogP contribution in [0.2, 0.25) is 0 Å². The van der Waals surface area contributed by atoms with Gasteiger partial charge in [0.25, 0.3) is 0 Å². The molecule has 0 aliphatic carbocycles. The molecule has 0 unspecified atom stereocenters. The average Bonchev–Trinajstić information content (AvgIpc) is 3.01. The number of esters is 2. The van der Waals surface area contributed by atoms with E-state index in [9.17, 15) is 19.2 Å². The number of hydrogen-bond donors (Lipinski definition) is 0. The van der Waals surface area contributed by atoms with Crippen LogP contribution in [0.15, 0.2) is 109 Å². The number of ketones is 2. The van der Waals surface area contributed by atoms with Crippen LogP contribution in [0, 0.1) is 0 Å². The maximum absolute atomic E-state index is 12.7. The van der Waals surface area contributed by atoms with Gasteiger partial charge in [0, 0.05) is 11.1 Å². The third kappa shape index (κ3) is 8.39. The molecule has 4 aromatic rings. The predicted molar refractivity (Wildman–Crippen MR) is 145 cm³/mol. The highest BCUT2D eigenvalue weighted by atomic mass is 16.6. The lowest BCUT2D eigenvalue weighted by Crippen LogP contribution is -2.16. The Kier molecular flexibility index (Phi) is 9.77. The molecule has 0 saturated carbocycles. The topological polar surface area (TPSA) is 105 Å². The van der Waals surface area contributed by atoms with Gasteiger partial charge in [-0.05, 0) is 59.7 Å². The quantitative estimate of drug-likeness (QED) is 0.133. The number of carbonyl (C=O) groups excluding carboxylic acids is 4. The number of hydrogen-bond acceptors (Lipinski definition) is 8. The van der Waals surface area contributed by atoms with Crippen molar-refractivity contribution in [3.63, 3.8) is 0 Å². The molecule has 0 fully saturated rings. The Hall–Kier alpha value is -5.24. The number of ether oxygens (including phenoxy) is 4. The Labute approximate surface area is 231 Å². The summed E-state index contributed by atoms with van der Waals surface area (Å²) < 4.78 is 21.1. The molecular weight excluding hydrogens is 512 g/mol. The Morgan fingerprint density at radius 2 is 0.800 bits per heavy atom. The first-order valence-corrected chi connectivity index (χ1v) is 12.4. The molecule has 4 aromatic carbocycles. The summed E-state index contributed by atoms with van der Waals surface area (Å²) in [7, 11) is 0. The Bertz CT molecular complexity index is 1320. The Morgan fingerprint density at radius 3 is 1.15 bits per heavy atom. The third-order valence-corrected chi connectivity index (χ3v) is 5.64. The zero-order valence-electron chi connectivity index (χ0n) is 21.5. The van der Waals surface area contributed by atoms with E-state index < -0.39 is 23.5 Å². The number of rotatable bonds is 13. The first kappa shape index (κ1) is 27.8. The van der Waals surface area contributed by atoms with Gasteiger partial charge in [-0.2, -0.15) is 0 Å². The molecule has 0 radical (unpaired) electrons. The fourth-order valence-corrected chi connectivity index (χ4v) is 3.51. The highest BCUT2D eigenvalue weighted by Gasteiger charge is 2.19. The molecule has 0 heterocycles. The van der Waals surface area contributed by atoms with Crippen molar-refractivity contribution in [2.45, 2.75) is 13.2 Å². The second-order valence-corrected chi connectivity index (χ2v) is 8.58. The number of benzene rings is 4. The summed E-state index contributed by atoms with van der Waals surface area (Å²) >= 11 is 0. The van der Waals surface area contributed by atoms with E-state index in [1.165, 1.54) is 48.5 Å². The van der Waals surface area contributed by atoms with Crippen molar-refractivity contribution in [3.05, 3.63) is 131 Å². The van der Waals surface area contributed by atoms with Crippen LogP contribution in [0.3, 0.4) is 0 Å². The summed E-state index contributed by atoms with van der Waals surface area (Å²) in [4.78, 5) is 49.2. The van der Waals surface area contributed by atoms with Crippen molar-refractivity contribution in [3.8, 4) is 11.5 Å². The molecule has 0 N–H and O–H groups in total. The molecule has 0 atom stereocenters. The Balaban J connectivity index is 1.21. The van der Waals surface area contributed by atoms with Crippen LogP contribution in [0.5, 0.6) is 11.5 Å². The molecule has 0 spiro atoms. The fourth-order valence-electron chi connectivity index (χ4n) is 3.51. The molecule has 0 bridgehead atoms. The van der Waals surface area contributed by atoms with Crippen molar-refractivity contribution in [1.82, 2.24) is 0 Å². The van der Waals surface area contributed by atoms with Gasteiger partial charge in [-0.25, -0.2) is 9.59 Å². The summed E-state index contributed by atoms with van der Waals surface area (Å²) in [6.07, 6.45) is 0. The van der Waals surface area contributed by atoms with Crippen molar-refractivity contribution in [1.29, 1.82) is 0 Å². The van der Waals surface area contributed by atoms with Crippen LogP contribution in [0.1, 0.15) is 31.8 Å².